The van der Waals surface area contributed by atoms with Gasteiger partial charge in [-0.3, -0.25) is 14.6 Å². The molecule has 1 amide bonds. The van der Waals surface area contributed by atoms with Crippen LogP contribution in [0.15, 0.2) is 18.5 Å². The fraction of sp³-hybridized carbons (Fsp3) is 0.417. The summed E-state index contributed by atoms with van der Waals surface area (Å²) in [4.78, 5) is 26.3. The third-order valence-electron chi connectivity index (χ3n) is 2.19. The van der Waals surface area contributed by atoms with Gasteiger partial charge in [0, 0.05) is 19.2 Å². The lowest BCUT2D eigenvalue weighted by atomic mass is 10.2. The number of amides is 1. The van der Waals surface area contributed by atoms with Gasteiger partial charge in [0.15, 0.2) is 0 Å². The van der Waals surface area contributed by atoms with Crippen molar-refractivity contribution in [1.29, 1.82) is 0 Å². The lowest BCUT2D eigenvalue weighted by Gasteiger charge is -2.06. The van der Waals surface area contributed by atoms with Gasteiger partial charge >= 0.3 is 5.97 Å². The summed E-state index contributed by atoms with van der Waals surface area (Å²) in [6, 6.07) is 1.43. The Morgan fingerprint density at radius 2 is 2.28 bits per heavy atom. The molecular formula is C12H16N2O4. The van der Waals surface area contributed by atoms with Crippen molar-refractivity contribution in [3.05, 3.63) is 24.0 Å². The molecule has 0 aromatic carbocycles. The molecule has 1 aromatic rings. The van der Waals surface area contributed by atoms with E-state index in [9.17, 15) is 14.7 Å². The van der Waals surface area contributed by atoms with Crippen LogP contribution in [-0.2, 0) is 9.53 Å². The Morgan fingerprint density at radius 3 is 2.94 bits per heavy atom. The predicted molar refractivity (Wildman–Crippen MR) is 64.1 cm³/mol. The van der Waals surface area contributed by atoms with Crippen molar-refractivity contribution in [1.82, 2.24) is 10.3 Å². The van der Waals surface area contributed by atoms with Gasteiger partial charge in [-0.15, -0.1) is 0 Å². The van der Waals surface area contributed by atoms with Gasteiger partial charge in [0.1, 0.15) is 5.75 Å². The molecule has 0 atom stereocenters. The van der Waals surface area contributed by atoms with Gasteiger partial charge in [-0.2, -0.15) is 0 Å². The molecule has 18 heavy (non-hydrogen) atoms. The molecule has 2 N–H and O–H groups in total. The van der Waals surface area contributed by atoms with Crippen LogP contribution < -0.4 is 5.32 Å². The molecule has 6 nitrogen and oxygen atoms in total. The third kappa shape index (κ3) is 4.40. The van der Waals surface area contributed by atoms with E-state index in [0.29, 0.717) is 19.6 Å². The van der Waals surface area contributed by atoms with E-state index < -0.39 is 5.91 Å². The molecule has 0 saturated heterocycles. The Hall–Kier alpha value is -2.11. The second kappa shape index (κ2) is 7.26. The van der Waals surface area contributed by atoms with E-state index in [0.717, 1.165) is 0 Å². The van der Waals surface area contributed by atoms with E-state index in [1.54, 1.807) is 6.92 Å². The summed E-state index contributed by atoms with van der Waals surface area (Å²) in [5.74, 6) is -0.836. The van der Waals surface area contributed by atoms with E-state index in [1.165, 1.54) is 18.5 Å². The fourth-order valence-corrected chi connectivity index (χ4v) is 1.34. The topological polar surface area (TPSA) is 88.5 Å². The summed E-state index contributed by atoms with van der Waals surface area (Å²) in [5, 5.41) is 12.0. The Labute approximate surface area is 105 Å². The highest BCUT2D eigenvalue weighted by Crippen LogP contribution is 2.13. The first-order chi connectivity index (χ1) is 8.65. The molecule has 0 radical (unpaired) electrons. The Bertz CT molecular complexity index is 420. The molecule has 1 aromatic heterocycles. The zero-order chi connectivity index (χ0) is 13.4. The van der Waals surface area contributed by atoms with Crippen LogP contribution in [0.4, 0.5) is 0 Å². The summed E-state index contributed by atoms with van der Waals surface area (Å²) in [7, 11) is 0. The molecule has 6 heteroatoms. The van der Waals surface area contributed by atoms with Gasteiger partial charge in [-0.05, 0) is 19.4 Å². The summed E-state index contributed by atoms with van der Waals surface area (Å²) in [6.45, 7) is 2.45. The number of pyridine rings is 1. The number of nitrogens with one attached hydrogen (secondary N) is 1. The molecule has 0 spiro atoms. The second-order valence-electron chi connectivity index (χ2n) is 3.56. The Kier molecular flexibility index (Phi) is 5.63. The summed E-state index contributed by atoms with van der Waals surface area (Å²) >= 11 is 0. The van der Waals surface area contributed by atoms with Crippen LogP contribution in [0.25, 0.3) is 0 Å². The van der Waals surface area contributed by atoms with Crippen LogP contribution in [0, 0.1) is 0 Å². The van der Waals surface area contributed by atoms with Crippen LogP contribution in [0.1, 0.15) is 30.1 Å². The largest absolute Gasteiger partial charge is 0.505 e. The van der Waals surface area contributed by atoms with Crippen molar-refractivity contribution in [2.75, 3.05) is 13.2 Å². The minimum absolute atomic E-state index is 0.166. The van der Waals surface area contributed by atoms with Gasteiger partial charge in [0.25, 0.3) is 5.91 Å². The smallest absolute Gasteiger partial charge is 0.305 e. The maximum atomic E-state index is 11.6. The number of carbonyl (C=O) groups is 2. The molecule has 0 aliphatic rings. The quantitative estimate of drug-likeness (QED) is 0.579. The standard InChI is InChI=1S/C12H16N2O4/c1-2-18-11(16)4-3-6-14-12(17)9-5-7-13-8-10(9)15/h5,7-8,15H,2-4,6H2,1H3,(H,14,17). The maximum absolute atomic E-state index is 11.6. The van der Waals surface area contributed by atoms with Gasteiger partial charge in [0.05, 0.1) is 18.4 Å². The summed E-state index contributed by atoms with van der Waals surface area (Å²) < 4.78 is 4.75. The SMILES string of the molecule is CCOC(=O)CCCNC(=O)c1ccncc1O. The molecule has 0 aliphatic heterocycles. The van der Waals surface area contributed by atoms with Crippen molar-refractivity contribution in [3.8, 4) is 5.75 Å². The number of aromatic nitrogens is 1. The van der Waals surface area contributed by atoms with E-state index in [2.05, 4.69) is 10.3 Å². The molecule has 0 bridgehead atoms. The van der Waals surface area contributed by atoms with Crippen molar-refractivity contribution < 1.29 is 19.4 Å². The van der Waals surface area contributed by atoms with Crippen molar-refractivity contribution in [2.45, 2.75) is 19.8 Å². The zero-order valence-electron chi connectivity index (χ0n) is 10.2. The predicted octanol–water partition coefficient (Wildman–Crippen LogP) is 0.860. The average Bonchev–Trinajstić information content (AvgIpc) is 2.35. The Balaban J connectivity index is 2.30. The summed E-state index contributed by atoms with van der Waals surface area (Å²) in [6.07, 6.45) is 3.38. The normalized spacial score (nSPS) is 9.83. The molecular weight excluding hydrogens is 236 g/mol. The number of hydrogen-bond acceptors (Lipinski definition) is 5. The van der Waals surface area contributed by atoms with Gasteiger partial charge < -0.3 is 15.2 Å². The fourth-order valence-electron chi connectivity index (χ4n) is 1.34. The number of aromatic hydroxyl groups is 1. The lowest BCUT2D eigenvalue weighted by molar-refractivity contribution is -0.143. The van der Waals surface area contributed by atoms with E-state index in [-0.39, 0.29) is 23.7 Å². The van der Waals surface area contributed by atoms with Crippen molar-refractivity contribution in [3.63, 3.8) is 0 Å². The highest BCUT2D eigenvalue weighted by molar-refractivity contribution is 5.96. The molecule has 0 unspecified atom stereocenters. The van der Waals surface area contributed by atoms with E-state index in [1.807, 2.05) is 0 Å². The van der Waals surface area contributed by atoms with E-state index in [4.69, 9.17) is 4.74 Å². The monoisotopic (exact) mass is 252 g/mol. The highest BCUT2D eigenvalue weighted by atomic mass is 16.5. The highest BCUT2D eigenvalue weighted by Gasteiger charge is 2.10. The number of rotatable bonds is 6. The first kappa shape index (κ1) is 14.0. The maximum Gasteiger partial charge on any atom is 0.305 e. The molecule has 1 rings (SSSR count). The minimum Gasteiger partial charge on any atom is -0.505 e. The lowest BCUT2D eigenvalue weighted by Crippen LogP contribution is -2.25. The molecule has 98 valence electrons. The van der Waals surface area contributed by atoms with Crippen LogP contribution in [0.2, 0.25) is 0 Å². The van der Waals surface area contributed by atoms with Crippen LogP contribution in [0.3, 0.4) is 0 Å². The van der Waals surface area contributed by atoms with Gasteiger partial charge in [0.2, 0.25) is 0 Å². The van der Waals surface area contributed by atoms with Gasteiger partial charge in [-0.1, -0.05) is 0 Å². The first-order valence-corrected chi connectivity index (χ1v) is 5.72. The van der Waals surface area contributed by atoms with E-state index >= 15 is 0 Å². The average molecular weight is 252 g/mol. The molecule has 0 fully saturated rings. The molecule has 1 heterocycles. The number of nitrogens with zero attached hydrogens (tertiary/aromatic N) is 1. The van der Waals surface area contributed by atoms with Crippen molar-refractivity contribution in [2.24, 2.45) is 0 Å². The van der Waals surface area contributed by atoms with Crippen LogP contribution in [-0.4, -0.2) is 35.1 Å². The zero-order valence-corrected chi connectivity index (χ0v) is 10.2. The summed E-state index contributed by atoms with van der Waals surface area (Å²) in [5.41, 5.74) is 0.168. The molecule has 0 aliphatic carbocycles. The number of hydrogen-bond donors (Lipinski definition) is 2. The number of ether oxygens (including phenoxy) is 1. The second-order valence-corrected chi connectivity index (χ2v) is 3.56. The number of carbonyl (C=O) groups excluding carboxylic acids is 2. The minimum atomic E-state index is -0.390. The Morgan fingerprint density at radius 1 is 1.50 bits per heavy atom. The number of esters is 1. The first-order valence-electron chi connectivity index (χ1n) is 5.72. The van der Waals surface area contributed by atoms with Crippen molar-refractivity contribution >= 4 is 11.9 Å². The third-order valence-corrected chi connectivity index (χ3v) is 2.19. The van der Waals surface area contributed by atoms with Crippen LogP contribution >= 0.6 is 0 Å². The molecule has 0 saturated carbocycles. The van der Waals surface area contributed by atoms with Crippen LogP contribution in [0.5, 0.6) is 5.75 Å². The van der Waals surface area contributed by atoms with Gasteiger partial charge in [-0.25, -0.2) is 0 Å².